The smallest absolute Gasteiger partial charge is 0.0991 e. The molecule has 0 aliphatic heterocycles. The molecule has 160 valence electrons. The SMILES string of the molecule is Cl.c1cn(-c2ccc(-c3[nH]c(-c4ccc(-n5ccnc5)cc4)c4c3CCCC4)cc2)cn1. The van der Waals surface area contributed by atoms with Gasteiger partial charge >= 0.3 is 0 Å². The molecule has 0 spiro atoms. The predicted molar refractivity (Wildman–Crippen MR) is 130 cm³/mol. The maximum absolute atomic E-state index is 4.15. The number of fused-ring (bicyclic) bond motifs is 1. The maximum atomic E-state index is 4.15. The Bertz CT molecular complexity index is 1200. The second kappa shape index (κ2) is 8.52. The average molecular weight is 442 g/mol. The quantitative estimate of drug-likeness (QED) is 0.370. The maximum Gasteiger partial charge on any atom is 0.0991 e. The fraction of sp³-hybridized carbons (Fsp3) is 0.154. The Morgan fingerprint density at radius 1 is 0.625 bits per heavy atom. The molecule has 0 atom stereocenters. The van der Waals surface area contributed by atoms with Crippen LogP contribution in [0, 0.1) is 0 Å². The third kappa shape index (κ3) is 3.55. The Morgan fingerprint density at radius 3 is 1.44 bits per heavy atom. The number of halogens is 1. The van der Waals surface area contributed by atoms with Gasteiger partial charge in [-0.15, -0.1) is 12.4 Å². The molecule has 0 saturated heterocycles. The van der Waals surface area contributed by atoms with E-state index in [9.17, 15) is 0 Å². The van der Waals surface area contributed by atoms with E-state index in [4.69, 9.17) is 0 Å². The highest BCUT2D eigenvalue weighted by molar-refractivity contribution is 5.85. The molecular weight excluding hydrogens is 418 g/mol. The van der Waals surface area contributed by atoms with E-state index in [-0.39, 0.29) is 12.4 Å². The van der Waals surface area contributed by atoms with E-state index in [1.807, 2.05) is 34.2 Å². The molecule has 0 amide bonds. The van der Waals surface area contributed by atoms with Gasteiger partial charge in [-0.2, -0.15) is 0 Å². The molecular formula is C26H24ClN5. The molecule has 0 fully saturated rings. The molecule has 3 aromatic heterocycles. The van der Waals surface area contributed by atoms with Crippen molar-refractivity contribution in [2.45, 2.75) is 25.7 Å². The van der Waals surface area contributed by atoms with Gasteiger partial charge in [-0.1, -0.05) is 24.3 Å². The van der Waals surface area contributed by atoms with E-state index >= 15 is 0 Å². The summed E-state index contributed by atoms with van der Waals surface area (Å²) < 4.78 is 4.06. The van der Waals surface area contributed by atoms with Crippen LogP contribution in [0.4, 0.5) is 0 Å². The number of hydrogen-bond donors (Lipinski definition) is 1. The fourth-order valence-electron chi connectivity index (χ4n) is 4.65. The van der Waals surface area contributed by atoms with Gasteiger partial charge < -0.3 is 14.1 Å². The summed E-state index contributed by atoms with van der Waals surface area (Å²) in [5, 5.41) is 0. The van der Waals surface area contributed by atoms with Crippen LogP contribution in [0.2, 0.25) is 0 Å². The van der Waals surface area contributed by atoms with Crippen LogP contribution >= 0.6 is 12.4 Å². The number of aromatic nitrogens is 5. The molecule has 0 radical (unpaired) electrons. The molecule has 5 nitrogen and oxygen atoms in total. The minimum Gasteiger partial charge on any atom is -0.354 e. The van der Waals surface area contributed by atoms with Crippen LogP contribution in [0.15, 0.2) is 86.0 Å². The van der Waals surface area contributed by atoms with Crippen LogP contribution < -0.4 is 0 Å². The lowest BCUT2D eigenvalue weighted by Gasteiger charge is -2.14. The average Bonchev–Trinajstić information content (AvgIpc) is 3.61. The van der Waals surface area contributed by atoms with Gasteiger partial charge in [0, 0.05) is 47.6 Å². The summed E-state index contributed by atoms with van der Waals surface area (Å²) in [7, 11) is 0. The van der Waals surface area contributed by atoms with Crippen LogP contribution in [0.1, 0.15) is 24.0 Å². The molecule has 1 aliphatic carbocycles. The van der Waals surface area contributed by atoms with E-state index in [2.05, 4.69) is 63.5 Å². The third-order valence-electron chi connectivity index (χ3n) is 6.24. The monoisotopic (exact) mass is 441 g/mol. The Balaban J connectivity index is 0.00000216. The van der Waals surface area contributed by atoms with Gasteiger partial charge in [-0.05, 0) is 72.2 Å². The van der Waals surface area contributed by atoms with Crippen LogP contribution in [0.25, 0.3) is 33.9 Å². The molecule has 3 heterocycles. The third-order valence-corrected chi connectivity index (χ3v) is 6.24. The summed E-state index contributed by atoms with van der Waals surface area (Å²) in [5.74, 6) is 0. The van der Waals surface area contributed by atoms with Crippen molar-refractivity contribution in [3.8, 4) is 33.9 Å². The van der Waals surface area contributed by atoms with Crippen molar-refractivity contribution in [1.82, 2.24) is 24.1 Å². The second-order valence-electron chi connectivity index (χ2n) is 8.07. The zero-order chi connectivity index (χ0) is 20.6. The highest BCUT2D eigenvalue weighted by Crippen LogP contribution is 2.38. The molecule has 1 aliphatic rings. The van der Waals surface area contributed by atoms with E-state index in [1.54, 1.807) is 12.4 Å². The molecule has 32 heavy (non-hydrogen) atoms. The van der Waals surface area contributed by atoms with Crippen molar-refractivity contribution in [3.05, 3.63) is 97.1 Å². The summed E-state index contributed by atoms with van der Waals surface area (Å²) in [6.45, 7) is 0. The van der Waals surface area contributed by atoms with Crippen molar-refractivity contribution in [3.63, 3.8) is 0 Å². The first-order valence-corrected chi connectivity index (χ1v) is 10.8. The lowest BCUT2D eigenvalue weighted by Crippen LogP contribution is -2.01. The van der Waals surface area contributed by atoms with Gasteiger partial charge in [0.05, 0.1) is 12.7 Å². The van der Waals surface area contributed by atoms with Crippen LogP contribution in [0.3, 0.4) is 0 Å². The molecule has 5 aromatic rings. The number of hydrogen-bond acceptors (Lipinski definition) is 2. The number of nitrogens with one attached hydrogen (secondary N) is 1. The lowest BCUT2D eigenvalue weighted by atomic mass is 9.89. The van der Waals surface area contributed by atoms with Crippen LogP contribution in [-0.2, 0) is 12.8 Å². The van der Waals surface area contributed by atoms with Gasteiger partial charge in [0.15, 0.2) is 0 Å². The highest BCUT2D eigenvalue weighted by atomic mass is 35.5. The normalized spacial score (nSPS) is 12.9. The fourth-order valence-corrected chi connectivity index (χ4v) is 4.65. The Kier molecular flexibility index (Phi) is 5.41. The minimum atomic E-state index is 0. The van der Waals surface area contributed by atoms with Gasteiger partial charge in [0.2, 0.25) is 0 Å². The first kappa shape index (κ1) is 20.3. The van der Waals surface area contributed by atoms with Crippen LogP contribution in [-0.4, -0.2) is 24.1 Å². The number of H-pyrrole nitrogens is 1. The molecule has 0 unspecified atom stereocenters. The van der Waals surface area contributed by atoms with Crippen molar-refractivity contribution in [1.29, 1.82) is 0 Å². The highest BCUT2D eigenvalue weighted by Gasteiger charge is 2.22. The van der Waals surface area contributed by atoms with E-state index in [0.717, 1.165) is 24.2 Å². The zero-order valence-corrected chi connectivity index (χ0v) is 18.4. The number of imidazole rings is 2. The lowest BCUT2D eigenvalue weighted by molar-refractivity contribution is 0.692. The van der Waals surface area contributed by atoms with Gasteiger partial charge in [0.25, 0.3) is 0 Å². The number of benzene rings is 2. The summed E-state index contributed by atoms with van der Waals surface area (Å²) in [6, 6.07) is 17.5. The first-order chi connectivity index (χ1) is 15.4. The minimum absolute atomic E-state index is 0. The van der Waals surface area contributed by atoms with E-state index in [1.165, 1.54) is 46.5 Å². The number of rotatable bonds is 4. The summed E-state index contributed by atoms with van der Waals surface area (Å²) in [6.07, 6.45) is 16.0. The predicted octanol–water partition coefficient (Wildman–Crippen LogP) is 6.02. The van der Waals surface area contributed by atoms with Crippen molar-refractivity contribution >= 4 is 12.4 Å². The molecule has 1 N–H and O–H groups in total. The second-order valence-corrected chi connectivity index (χ2v) is 8.07. The summed E-state index contributed by atoms with van der Waals surface area (Å²) >= 11 is 0. The Morgan fingerprint density at radius 2 is 1.06 bits per heavy atom. The van der Waals surface area contributed by atoms with Crippen molar-refractivity contribution < 1.29 is 0 Å². The number of aromatic amines is 1. The molecule has 0 bridgehead atoms. The zero-order valence-electron chi connectivity index (χ0n) is 17.6. The first-order valence-electron chi connectivity index (χ1n) is 10.8. The Labute approximate surface area is 193 Å². The summed E-state index contributed by atoms with van der Waals surface area (Å²) in [4.78, 5) is 12.1. The van der Waals surface area contributed by atoms with Crippen molar-refractivity contribution in [2.75, 3.05) is 0 Å². The van der Waals surface area contributed by atoms with Gasteiger partial charge in [0.1, 0.15) is 0 Å². The van der Waals surface area contributed by atoms with E-state index in [0.29, 0.717) is 0 Å². The topological polar surface area (TPSA) is 51.4 Å². The van der Waals surface area contributed by atoms with Gasteiger partial charge in [-0.3, -0.25) is 0 Å². The van der Waals surface area contributed by atoms with Crippen LogP contribution in [0.5, 0.6) is 0 Å². The standard InChI is InChI=1S/C26H23N5.ClH/c1-2-4-24-23(3-1)25(19-5-9-21(10-6-19)30-15-13-27-17-30)29-26(24)20-7-11-22(12-8-20)31-16-14-28-18-31;/h5-18,29H,1-4H2;1H. The molecule has 6 heteroatoms. The largest absolute Gasteiger partial charge is 0.354 e. The molecule has 6 rings (SSSR count). The molecule has 0 saturated carbocycles. The number of nitrogens with zero attached hydrogens (tertiary/aromatic N) is 4. The van der Waals surface area contributed by atoms with E-state index < -0.39 is 0 Å². The summed E-state index contributed by atoms with van der Waals surface area (Å²) in [5.41, 5.74) is 10.2. The van der Waals surface area contributed by atoms with Crippen molar-refractivity contribution in [2.24, 2.45) is 0 Å². The van der Waals surface area contributed by atoms with Gasteiger partial charge in [-0.25, -0.2) is 9.97 Å². The molecule has 2 aromatic carbocycles. The Hall–Kier alpha value is -3.57.